The Hall–Kier alpha value is -2.11. The summed E-state index contributed by atoms with van der Waals surface area (Å²) in [4.78, 5) is 24.5. The van der Waals surface area contributed by atoms with E-state index in [9.17, 15) is 14.7 Å². The van der Waals surface area contributed by atoms with E-state index < -0.39 is 5.97 Å². The van der Waals surface area contributed by atoms with Gasteiger partial charge in [-0.15, -0.1) is 0 Å². The Balaban J connectivity index is 1.76. The number of nitrogens with zero attached hydrogens (tertiary/aromatic N) is 2. The van der Waals surface area contributed by atoms with Crippen molar-refractivity contribution in [3.63, 3.8) is 0 Å². The van der Waals surface area contributed by atoms with E-state index in [-0.39, 0.29) is 17.4 Å². The fourth-order valence-electron chi connectivity index (χ4n) is 4.11. The molecule has 0 radical (unpaired) electrons. The Bertz CT molecular complexity index is 974. The zero-order valence-corrected chi connectivity index (χ0v) is 16.8. The highest BCUT2D eigenvalue weighted by molar-refractivity contribution is 6.39. The number of halogens is 2. The van der Waals surface area contributed by atoms with Gasteiger partial charge in [0.05, 0.1) is 32.9 Å². The molecule has 28 heavy (non-hydrogen) atoms. The smallest absolute Gasteiger partial charge is 0.306 e. The molecule has 1 aromatic carbocycles. The highest BCUT2D eigenvalue weighted by Gasteiger charge is 2.30. The van der Waals surface area contributed by atoms with Crippen molar-refractivity contribution < 1.29 is 14.7 Å². The molecule has 2 aliphatic carbocycles. The summed E-state index contributed by atoms with van der Waals surface area (Å²) in [5.74, 6) is -1.42. The molecule has 1 atom stereocenters. The topological polar surface area (TPSA) is 72.2 Å². The number of carboxylic acids is 1. The van der Waals surface area contributed by atoms with Crippen molar-refractivity contribution in [2.24, 2.45) is 5.92 Å². The van der Waals surface area contributed by atoms with Crippen LogP contribution in [0, 0.1) is 5.92 Å². The lowest BCUT2D eigenvalue weighted by atomic mass is 9.85. The van der Waals surface area contributed by atoms with Crippen LogP contribution >= 0.6 is 23.2 Å². The fourth-order valence-corrected chi connectivity index (χ4v) is 4.67. The highest BCUT2D eigenvalue weighted by atomic mass is 35.5. The number of carbonyl (C=O) groups is 2. The second-order valence-electron chi connectivity index (χ2n) is 7.33. The first-order valence-electron chi connectivity index (χ1n) is 9.49. The lowest BCUT2D eigenvalue weighted by Crippen LogP contribution is -2.19. The predicted octanol–water partition coefficient (Wildman–Crippen LogP) is 5.03. The summed E-state index contributed by atoms with van der Waals surface area (Å²) in [6.07, 6.45) is 7.41. The van der Waals surface area contributed by atoms with Crippen molar-refractivity contribution in [2.75, 3.05) is 0 Å². The molecule has 1 aromatic heterocycles. The van der Waals surface area contributed by atoms with Crippen molar-refractivity contribution in [2.45, 2.75) is 44.9 Å². The summed E-state index contributed by atoms with van der Waals surface area (Å²) in [6, 6.07) is 5.00. The number of benzene rings is 1. The minimum atomic E-state index is -0.758. The number of aromatic nitrogens is 2. The zero-order valence-electron chi connectivity index (χ0n) is 15.3. The molecule has 0 saturated heterocycles. The van der Waals surface area contributed by atoms with Crippen LogP contribution in [0.15, 0.2) is 24.3 Å². The molecule has 146 valence electrons. The molecule has 0 amide bonds. The summed E-state index contributed by atoms with van der Waals surface area (Å²) >= 11 is 12.5. The van der Waals surface area contributed by atoms with Crippen molar-refractivity contribution in [1.29, 1.82) is 0 Å². The first-order valence-corrected chi connectivity index (χ1v) is 10.2. The van der Waals surface area contributed by atoms with Gasteiger partial charge in [0.1, 0.15) is 0 Å². The van der Waals surface area contributed by atoms with Gasteiger partial charge in [-0.05, 0) is 62.7 Å². The van der Waals surface area contributed by atoms with Crippen LogP contribution in [-0.4, -0.2) is 26.8 Å². The third kappa shape index (κ3) is 3.38. The number of allylic oxidation sites excluding steroid dienone is 2. The van der Waals surface area contributed by atoms with E-state index in [2.05, 4.69) is 5.10 Å². The minimum absolute atomic E-state index is 0.261. The van der Waals surface area contributed by atoms with E-state index in [4.69, 9.17) is 23.2 Å². The van der Waals surface area contributed by atoms with Crippen molar-refractivity contribution in [3.05, 3.63) is 56.8 Å². The lowest BCUT2D eigenvalue weighted by molar-refractivity contribution is -0.141. The Labute approximate surface area is 172 Å². The molecule has 1 unspecified atom stereocenters. The van der Waals surface area contributed by atoms with Crippen molar-refractivity contribution in [1.82, 2.24) is 9.78 Å². The van der Waals surface area contributed by atoms with E-state index >= 15 is 0 Å². The quantitative estimate of drug-likeness (QED) is 0.758. The molecule has 1 heterocycles. The van der Waals surface area contributed by atoms with Crippen LogP contribution in [0.5, 0.6) is 0 Å². The van der Waals surface area contributed by atoms with Crippen LogP contribution in [-0.2, 0) is 17.6 Å². The lowest BCUT2D eigenvalue weighted by Gasteiger charge is -2.19. The fraction of sp³-hybridized carbons (Fsp3) is 0.381. The molecule has 0 spiro atoms. The first-order chi connectivity index (χ1) is 13.5. The molecule has 1 N–H and O–H groups in total. The molecule has 0 fully saturated rings. The van der Waals surface area contributed by atoms with Gasteiger partial charge in [0.15, 0.2) is 0 Å². The maximum Gasteiger partial charge on any atom is 0.306 e. The first kappa shape index (κ1) is 19.2. The molecule has 0 aliphatic heterocycles. The normalized spacial score (nSPS) is 19.1. The van der Waals surface area contributed by atoms with Gasteiger partial charge in [0, 0.05) is 5.56 Å². The molecule has 7 heteroatoms. The summed E-state index contributed by atoms with van der Waals surface area (Å²) < 4.78 is 1.46. The van der Waals surface area contributed by atoms with Crippen molar-refractivity contribution in [3.8, 4) is 0 Å². The number of carboxylic acid groups (broad SMARTS) is 1. The number of aliphatic carboxylic acids is 1. The Morgan fingerprint density at radius 3 is 2.46 bits per heavy atom. The number of hydrogen-bond acceptors (Lipinski definition) is 3. The second kappa shape index (κ2) is 7.72. The van der Waals surface area contributed by atoms with Gasteiger partial charge in [0.25, 0.3) is 5.91 Å². The van der Waals surface area contributed by atoms with Crippen LogP contribution in [0.2, 0.25) is 10.0 Å². The van der Waals surface area contributed by atoms with Gasteiger partial charge in [-0.1, -0.05) is 35.3 Å². The summed E-state index contributed by atoms with van der Waals surface area (Å²) in [5, 5.41) is 14.5. The van der Waals surface area contributed by atoms with E-state index in [1.807, 2.05) is 6.08 Å². The minimum Gasteiger partial charge on any atom is -0.481 e. The van der Waals surface area contributed by atoms with E-state index in [0.717, 1.165) is 48.2 Å². The maximum absolute atomic E-state index is 13.2. The summed E-state index contributed by atoms with van der Waals surface area (Å²) in [6.45, 7) is 0. The van der Waals surface area contributed by atoms with E-state index in [1.165, 1.54) is 4.68 Å². The zero-order chi connectivity index (χ0) is 19.8. The molecule has 2 aliphatic rings. The molecule has 0 saturated carbocycles. The van der Waals surface area contributed by atoms with Gasteiger partial charge in [-0.2, -0.15) is 9.78 Å². The molecular formula is C21H20Cl2N2O3. The van der Waals surface area contributed by atoms with Crippen molar-refractivity contribution >= 4 is 40.7 Å². The van der Waals surface area contributed by atoms with Gasteiger partial charge in [0.2, 0.25) is 0 Å². The van der Waals surface area contributed by atoms with Crippen LogP contribution < -0.4 is 0 Å². The van der Waals surface area contributed by atoms with Gasteiger partial charge in [-0.25, -0.2) is 0 Å². The number of hydrogen-bond donors (Lipinski definition) is 1. The van der Waals surface area contributed by atoms with Crippen LogP contribution in [0.1, 0.15) is 59.4 Å². The monoisotopic (exact) mass is 418 g/mol. The van der Waals surface area contributed by atoms with Gasteiger partial charge in [-0.3, -0.25) is 9.59 Å². The number of fused-ring (bicyclic) bond motifs is 1. The van der Waals surface area contributed by atoms with Gasteiger partial charge >= 0.3 is 5.97 Å². The van der Waals surface area contributed by atoms with Crippen LogP contribution in [0.25, 0.3) is 5.57 Å². The number of rotatable bonds is 3. The summed E-state index contributed by atoms with van der Waals surface area (Å²) in [5.41, 5.74) is 4.14. The average Bonchev–Trinajstić information content (AvgIpc) is 3.07. The van der Waals surface area contributed by atoms with E-state index in [0.29, 0.717) is 29.3 Å². The molecular weight excluding hydrogens is 399 g/mol. The SMILES string of the molecule is O=C(O)C1CC=C(c2nn(C(=O)c3c(Cl)cccc3Cl)c3c2CCCC3)CC1. The van der Waals surface area contributed by atoms with Gasteiger partial charge < -0.3 is 5.11 Å². The predicted molar refractivity (Wildman–Crippen MR) is 108 cm³/mol. The number of carbonyl (C=O) groups excluding carboxylic acids is 1. The maximum atomic E-state index is 13.2. The third-order valence-electron chi connectivity index (χ3n) is 5.61. The largest absolute Gasteiger partial charge is 0.481 e. The second-order valence-corrected chi connectivity index (χ2v) is 8.15. The highest BCUT2D eigenvalue weighted by Crippen LogP contribution is 2.36. The van der Waals surface area contributed by atoms with Crippen LogP contribution in [0.3, 0.4) is 0 Å². The Kier molecular flexibility index (Phi) is 5.30. The third-order valence-corrected chi connectivity index (χ3v) is 6.24. The average molecular weight is 419 g/mol. The Morgan fingerprint density at radius 1 is 1.11 bits per heavy atom. The molecule has 4 rings (SSSR count). The van der Waals surface area contributed by atoms with E-state index in [1.54, 1.807) is 18.2 Å². The Morgan fingerprint density at radius 2 is 1.82 bits per heavy atom. The molecule has 5 nitrogen and oxygen atoms in total. The standard InChI is InChI=1S/C21H20Cl2N2O3/c22-15-5-3-6-16(23)18(15)20(26)25-17-7-2-1-4-14(17)19(24-25)12-8-10-13(11-9-12)21(27)28/h3,5-6,8,13H,1-2,4,7,9-11H2,(H,27,28). The summed E-state index contributed by atoms with van der Waals surface area (Å²) in [7, 11) is 0. The molecule has 2 aromatic rings. The molecule has 0 bridgehead atoms. The van der Waals surface area contributed by atoms with Crippen LogP contribution in [0.4, 0.5) is 0 Å².